The van der Waals surface area contributed by atoms with Gasteiger partial charge in [0.25, 0.3) is 5.56 Å². The minimum absolute atomic E-state index is 0.0926. The van der Waals surface area contributed by atoms with Crippen molar-refractivity contribution in [2.24, 2.45) is 0 Å². The molecule has 3 heterocycles. The number of nitrogens with two attached hydrogens (primary N) is 1. The summed E-state index contributed by atoms with van der Waals surface area (Å²) in [7, 11) is 3.45. The standard InChI is InChI=1S/C26H29N5O.C4H9NO.C2H6/c1-18(17-30-12-9-21(10-13-30)23-7-5-4-6-19(23)2)14-24-20(3)28-11-8-25(24)31-26(32)15-22(27)16-29-31;1-4(6)5(2)3;1-2/h4-9,11,14-16H,10,12-13,17,27H2,1-3H3;1-3H3;1-2H3/b18-14+;;. The summed E-state index contributed by atoms with van der Waals surface area (Å²) in [5, 5.41) is 4.22. The van der Waals surface area contributed by atoms with Crippen molar-refractivity contribution in [1.82, 2.24) is 24.6 Å². The highest BCUT2D eigenvalue weighted by molar-refractivity contribution is 5.72. The number of nitrogens with zero attached hydrogens (tertiary/aromatic N) is 5. The molecule has 3 aromatic rings. The van der Waals surface area contributed by atoms with Gasteiger partial charge in [-0.05, 0) is 50.0 Å². The van der Waals surface area contributed by atoms with Crippen LogP contribution < -0.4 is 11.3 Å². The molecule has 8 heteroatoms. The first kappa shape index (κ1) is 32.2. The Morgan fingerprint density at radius 1 is 1.12 bits per heavy atom. The van der Waals surface area contributed by atoms with E-state index < -0.39 is 0 Å². The van der Waals surface area contributed by atoms with Crippen molar-refractivity contribution in [1.29, 1.82) is 0 Å². The van der Waals surface area contributed by atoms with E-state index in [4.69, 9.17) is 5.73 Å². The monoisotopic (exact) mass is 544 g/mol. The van der Waals surface area contributed by atoms with E-state index in [9.17, 15) is 9.59 Å². The van der Waals surface area contributed by atoms with Gasteiger partial charge in [-0.1, -0.05) is 55.8 Å². The number of carbonyl (C=O) groups is 1. The maximum absolute atomic E-state index is 12.4. The highest BCUT2D eigenvalue weighted by atomic mass is 16.2. The van der Waals surface area contributed by atoms with E-state index in [1.165, 1.54) is 51.0 Å². The lowest BCUT2D eigenvalue weighted by molar-refractivity contribution is -0.126. The Labute approximate surface area is 238 Å². The fourth-order valence-electron chi connectivity index (χ4n) is 4.21. The maximum atomic E-state index is 12.4. The highest BCUT2D eigenvalue weighted by Gasteiger charge is 2.15. The van der Waals surface area contributed by atoms with Crippen molar-refractivity contribution in [2.45, 2.75) is 48.0 Å². The summed E-state index contributed by atoms with van der Waals surface area (Å²) < 4.78 is 1.38. The molecule has 8 nitrogen and oxygen atoms in total. The second-order valence-electron chi connectivity index (χ2n) is 9.80. The van der Waals surface area contributed by atoms with Crippen LogP contribution in [0.25, 0.3) is 17.3 Å². The number of benzene rings is 1. The summed E-state index contributed by atoms with van der Waals surface area (Å²) in [6, 6.07) is 11.8. The van der Waals surface area contributed by atoms with Gasteiger partial charge in [0.15, 0.2) is 0 Å². The largest absolute Gasteiger partial charge is 0.397 e. The van der Waals surface area contributed by atoms with Crippen molar-refractivity contribution in [3.8, 4) is 5.69 Å². The Balaban J connectivity index is 0.000000622. The summed E-state index contributed by atoms with van der Waals surface area (Å²) in [4.78, 5) is 30.9. The van der Waals surface area contributed by atoms with Crippen LogP contribution in [-0.2, 0) is 4.79 Å². The van der Waals surface area contributed by atoms with Crippen molar-refractivity contribution >= 4 is 23.2 Å². The van der Waals surface area contributed by atoms with Crippen LogP contribution >= 0.6 is 0 Å². The fraction of sp³-hybridized carbons (Fsp3) is 0.375. The normalized spacial score (nSPS) is 13.3. The summed E-state index contributed by atoms with van der Waals surface area (Å²) in [5.74, 6) is 0.0926. The van der Waals surface area contributed by atoms with Gasteiger partial charge in [0.2, 0.25) is 5.91 Å². The lowest BCUT2D eigenvalue weighted by Crippen LogP contribution is -2.30. The van der Waals surface area contributed by atoms with Gasteiger partial charge in [0.05, 0.1) is 17.6 Å². The molecule has 0 saturated carbocycles. The van der Waals surface area contributed by atoms with E-state index in [1.54, 1.807) is 20.3 Å². The zero-order valence-corrected chi connectivity index (χ0v) is 25.2. The van der Waals surface area contributed by atoms with Crippen molar-refractivity contribution in [3.05, 3.63) is 93.2 Å². The van der Waals surface area contributed by atoms with Crippen LogP contribution in [0.3, 0.4) is 0 Å². The van der Waals surface area contributed by atoms with Crippen LogP contribution in [0, 0.1) is 13.8 Å². The molecule has 2 N–H and O–H groups in total. The van der Waals surface area contributed by atoms with Crippen LogP contribution in [-0.4, -0.2) is 64.2 Å². The fourth-order valence-corrected chi connectivity index (χ4v) is 4.21. The van der Waals surface area contributed by atoms with E-state index in [-0.39, 0.29) is 11.5 Å². The van der Waals surface area contributed by atoms with E-state index in [1.807, 2.05) is 26.8 Å². The lowest BCUT2D eigenvalue weighted by Gasteiger charge is -2.27. The van der Waals surface area contributed by atoms with Gasteiger partial charge >= 0.3 is 0 Å². The number of anilines is 1. The van der Waals surface area contributed by atoms with Crippen LogP contribution in [0.5, 0.6) is 0 Å². The van der Waals surface area contributed by atoms with Gasteiger partial charge in [0, 0.05) is 64.2 Å². The molecule has 214 valence electrons. The Morgan fingerprint density at radius 3 is 2.38 bits per heavy atom. The maximum Gasteiger partial charge on any atom is 0.273 e. The van der Waals surface area contributed by atoms with Gasteiger partial charge in [0.1, 0.15) is 0 Å². The number of pyridine rings is 1. The molecule has 0 fully saturated rings. The SMILES string of the molecule is C/C(=C\c1c(-n2ncc(N)cc2=O)ccnc1C)CN1CC=C(c2ccccc2C)CC1.CC.CC(=O)N(C)C. The second kappa shape index (κ2) is 15.5. The average molecular weight is 545 g/mol. The Kier molecular flexibility index (Phi) is 12.5. The first-order valence-corrected chi connectivity index (χ1v) is 13.7. The molecular formula is C32H44N6O2. The molecule has 0 radical (unpaired) electrons. The molecule has 40 heavy (non-hydrogen) atoms. The number of aromatic nitrogens is 3. The molecule has 0 aliphatic carbocycles. The molecule has 0 saturated heterocycles. The predicted octanol–water partition coefficient (Wildman–Crippen LogP) is 5.14. The van der Waals surface area contributed by atoms with E-state index in [0.717, 1.165) is 37.3 Å². The second-order valence-corrected chi connectivity index (χ2v) is 9.80. The first-order valence-electron chi connectivity index (χ1n) is 13.7. The van der Waals surface area contributed by atoms with E-state index in [0.29, 0.717) is 11.4 Å². The van der Waals surface area contributed by atoms with Gasteiger partial charge in [-0.25, -0.2) is 0 Å². The zero-order valence-electron chi connectivity index (χ0n) is 25.2. The first-order chi connectivity index (χ1) is 19.1. The van der Waals surface area contributed by atoms with Gasteiger partial charge in [-0.15, -0.1) is 0 Å². The molecule has 0 unspecified atom stereocenters. The molecule has 0 spiro atoms. The minimum atomic E-state index is -0.257. The summed E-state index contributed by atoms with van der Waals surface area (Å²) in [6.45, 7) is 14.6. The molecule has 0 atom stereocenters. The number of carbonyl (C=O) groups excluding carboxylic acids is 1. The molecule has 4 rings (SSSR count). The van der Waals surface area contributed by atoms with Gasteiger partial charge < -0.3 is 10.6 Å². The zero-order chi connectivity index (χ0) is 29.8. The number of amides is 1. The number of aryl methyl sites for hydroxylation is 2. The molecule has 0 bridgehead atoms. The molecule has 1 aromatic carbocycles. The molecule has 2 aromatic heterocycles. The third kappa shape index (κ3) is 9.02. The molecule has 1 aliphatic rings. The molecule has 1 aliphatic heterocycles. The van der Waals surface area contributed by atoms with Crippen molar-refractivity contribution < 1.29 is 4.79 Å². The highest BCUT2D eigenvalue weighted by Crippen LogP contribution is 2.26. The van der Waals surface area contributed by atoms with Crippen LogP contribution in [0.4, 0.5) is 5.69 Å². The quantitative estimate of drug-likeness (QED) is 0.478. The number of hydrogen-bond acceptors (Lipinski definition) is 6. The van der Waals surface area contributed by atoms with Gasteiger partial charge in [-0.2, -0.15) is 9.78 Å². The van der Waals surface area contributed by atoms with Crippen LogP contribution in [0.15, 0.2) is 65.2 Å². The molecule has 1 amide bonds. The predicted molar refractivity (Wildman–Crippen MR) is 166 cm³/mol. The third-order valence-electron chi connectivity index (χ3n) is 6.49. The summed E-state index contributed by atoms with van der Waals surface area (Å²) in [6.07, 6.45) is 8.69. The Morgan fingerprint density at radius 2 is 1.80 bits per heavy atom. The molecular weight excluding hydrogens is 500 g/mol. The van der Waals surface area contributed by atoms with Crippen molar-refractivity contribution in [2.75, 3.05) is 39.5 Å². The third-order valence-corrected chi connectivity index (χ3v) is 6.49. The number of rotatable bonds is 5. The van der Waals surface area contributed by atoms with Crippen LogP contribution in [0.2, 0.25) is 0 Å². The minimum Gasteiger partial charge on any atom is -0.397 e. The Bertz CT molecular complexity index is 1400. The Hall–Kier alpha value is -4.04. The van der Waals surface area contributed by atoms with Crippen molar-refractivity contribution in [3.63, 3.8) is 0 Å². The summed E-state index contributed by atoms with van der Waals surface area (Å²) in [5.41, 5.74) is 13.6. The van der Waals surface area contributed by atoms with Gasteiger partial charge in [-0.3, -0.25) is 19.5 Å². The number of nitrogen functional groups attached to an aromatic ring is 1. The average Bonchev–Trinajstić information content (AvgIpc) is 2.92. The lowest BCUT2D eigenvalue weighted by atomic mass is 9.95. The summed E-state index contributed by atoms with van der Waals surface area (Å²) >= 11 is 0. The van der Waals surface area contributed by atoms with E-state index in [2.05, 4.69) is 65.2 Å². The van der Waals surface area contributed by atoms with E-state index >= 15 is 0 Å². The smallest absolute Gasteiger partial charge is 0.273 e. The number of hydrogen-bond donors (Lipinski definition) is 1. The topological polar surface area (TPSA) is 97.4 Å². The van der Waals surface area contributed by atoms with Crippen LogP contribution in [0.1, 0.15) is 56.5 Å².